The van der Waals surface area contributed by atoms with Crippen LogP contribution in [0.5, 0.6) is 0 Å². The van der Waals surface area contributed by atoms with E-state index in [1.165, 1.54) is 0 Å². The van der Waals surface area contributed by atoms with E-state index in [1.807, 2.05) is 0 Å². The van der Waals surface area contributed by atoms with Gasteiger partial charge in [0.1, 0.15) is 5.84 Å². The molecule has 0 saturated heterocycles. The highest BCUT2D eigenvalue weighted by atomic mass is 79.9. The zero-order valence-electron chi connectivity index (χ0n) is 7.94. The molecule has 0 atom stereocenters. The fraction of sp³-hybridized carbons (Fsp3) is 0.222. The van der Waals surface area contributed by atoms with Crippen LogP contribution in [0.4, 0.5) is 10.1 Å². The summed E-state index contributed by atoms with van der Waals surface area (Å²) in [5.41, 5.74) is 6.11. The zero-order valence-corrected chi connectivity index (χ0v) is 9.52. The van der Waals surface area contributed by atoms with Gasteiger partial charge in [0.15, 0.2) is 5.82 Å². The monoisotopic (exact) mass is 259 g/mol. The van der Waals surface area contributed by atoms with Crippen molar-refractivity contribution >= 4 is 27.5 Å². The van der Waals surface area contributed by atoms with Crippen LogP contribution < -0.4 is 10.6 Å². The van der Waals surface area contributed by atoms with Gasteiger partial charge in [-0.1, -0.05) is 0 Å². The van der Waals surface area contributed by atoms with Crippen LogP contribution in [0.1, 0.15) is 5.56 Å². The van der Waals surface area contributed by atoms with E-state index in [4.69, 9.17) is 11.1 Å². The fourth-order valence-electron chi connectivity index (χ4n) is 1.09. The summed E-state index contributed by atoms with van der Waals surface area (Å²) < 4.78 is 13.9. The number of nitrogens with one attached hydrogen (secondary N) is 1. The van der Waals surface area contributed by atoms with E-state index in [1.54, 1.807) is 31.1 Å². The molecule has 0 bridgehead atoms. The molecule has 1 aromatic carbocycles. The summed E-state index contributed by atoms with van der Waals surface area (Å²) in [4.78, 5) is 1.66. The first kappa shape index (κ1) is 11.0. The first-order valence-electron chi connectivity index (χ1n) is 3.95. The first-order chi connectivity index (χ1) is 6.45. The Labute approximate surface area is 90.3 Å². The molecule has 0 spiro atoms. The SMILES string of the molecule is CN(C)c1ccc(C(=N)N)c(Br)c1F. The molecule has 0 heterocycles. The van der Waals surface area contributed by atoms with Gasteiger partial charge >= 0.3 is 0 Å². The summed E-state index contributed by atoms with van der Waals surface area (Å²) in [7, 11) is 3.50. The molecule has 0 radical (unpaired) electrons. The molecule has 0 aliphatic carbocycles. The molecule has 0 aliphatic rings. The maximum atomic E-state index is 13.6. The van der Waals surface area contributed by atoms with Gasteiger partial charge in [-0.15, -0.1) is 0 Å². The average Bonchev–Trinajstić information content (AvgIpc) is 2.08. The summed E-state index contributed by atoms with van der Waals surface area (Å²) in [6.45, 7) is 0. The summed E-state index contributed by atoms with van der Waals surface area (Å²) in [6, 6.07) is 3.21. The number of benzene rings is 1. The predicted molar refractivity (Wildman–Crippen MR) is 59.4 cm³/mol. The van der Waals surface area contributed by atoms with Crippen LogP contribution in [0.15, 0.2) is 16.6 Å². The molecule has 0 unspecified atom stereocenters. The zero-order chi connectivity index (χ0) is 10.9. The highest BCUT2D eigenvalue weighted by Gasteiger charge is 2.13. The quantitative estimate of drug-likeness (QED) is 0.630. The van der Waals surface area contributed by atoms with Crippen molar-refractivity contribution < 1.29 is 4.39 Å². The van der Waals surface area contributed by atoms with Gasteiger partial charge in [-0.3, -0.25) is 5.41 Å². The van der Waals surface area contributed by atoms with E-state index in [0.717, 1.165) is 0 Å². The van der Waals surface area contributed by atoms with Gasteiger partial charge in [-0.2, -0.15) is 0 Å². The lowest BCUT2D eigenvalue weighted by Gasteiger charge is -2.15. The van der Waals surface area contributed by atoms with Crippen molar-refractivity contribution in [1.29, 1.82) is 5.41 Å². The number of hydrogen-bond donors (Lipinski definition) is 2. The number of nitrogen functional groups attached to an aromatic ring is 1. The van der Waals surface area contributed by atoms with Crippen LogP contribution in [-0.4, -0.2) is 19.9 Å². The summed E-state index contributed by atoms with van der Waals surface area (Å²) >= 11 is 3.08. The van der Waals surface area contributed by atoms with Gasteiger partial charge in [0.2, 0.25) is 0 Å². The molecular weight excluding hydrogens is 249 g/mol. The number of halogens is 2. The van der Waals surface area contributed by atoms with Crippen LogP contribution in [-0.2, 0) is 0 Å². The molecule has 76 valence electrons. The maximum absolute atomic E-state index is 13.6. The topological polar surface area (TPSA) is 53.1 Å². The number of rotatable bonds is 2. The van der Waals surface area contributed by atoms with E-state index in [9.17, 15) is 4.39 Å². The molecule has 1 aromatic rings. The second kappa shape index (κ2) is 3.96. The third kappa shape index (κ3) is 1.87. The van der Waals surface area contributed by atoms with E-state index in [2.05, 4.69) is 15.9 Å². The maximum Gasteiger partial charge on any atom is 0.161 e. The average molecular weight is 260 g/mol. The summed E-state index contributed by atoms with van der Waals surface area (Å²) in [5, 5.41) is 7.22. The lowest BCUT2D eigenvalue weighted by Crippen LogP contribution is -2.15. The van der Waals surface area contributed by atoms with Crippen molar-refractivity contribution in [2.24, 2.45) is 5.73 Å². The van der Waals surface area contributed by atoms with Gasteiger partial charge < -0.3 is 10.6 Å². The third-order valence-corrected chi connectivity index (χ3v) is 2.61. The molecule has 5 heteroatoms. The Balaban J connectivity index is 3.33. The minimum absolute atomic E-state index is 0.152. The number of hydrogen-bond acceptors (Lipinski definition) is 2. The number of nitrogens with two attached hydrogens (primary N) is 1. The van der Waals surface area contributed by atoms with Crippen molar-refractivity contribution in [2.45, 2.75) is 0 Å². The van der Waals surface area contributed by atoms with E-state index >= 15 is 0 Å². The van der Waals surface area contributed by atoms with E-state index < -0.39 is 5.82 Å². The van der Waals surface area contributed by atoms with Crippen LogP contribution in [0, 0.1) is 11.2 Å². The largest absolute Gasteiger partial charge is 0.384 e. The summed E-state index contributed by atoms with van der Waals surface area (Å²) in [5.74, 6) is -0.552. The normalized spacial score (nSPS) is 10.0. The first-order valence-corrected chi connectivity index (χ1v) is 4.74. The Hall–Kier alpha value is -1.10. The van der Waals surface area contributed by atoms with Crippen LogP contribution in [0.25, 0.3) is 0 Å². The number of amidine groups is 1. The van der Waals surface area contributed by atoms with Gasteiger partial charge in [0.25, 0.3) is 0 Å². The van der Waals surface area contributed by atoms with Gasteiger partial charge in [0, 0.05) is 19.7 Å². The van der Waals surface area contributed by atoms with E-state index in [0.29, 0.717) is 11.3 Å². The van der Waals surface area contributed by atoms with E-state index in [-0.39, 0.29) is 10.3 Å². The lowest BCUT2D eigenvalue weighted by atomic mass is 10.2. The second-order valence-electron chi connectivity index (χ2n) is 3.07. The van der Waals surface area contributed by atoms with Crippen molar-refractivity contribution in [3.8, 4) is 0 Å². The van der Waals surface area contributed by atoms with Crippen LogP contribution in [0.2, 0.25) is 0 Å². The Morgan fingerprint density at radius 3 is 2.50 bits per heavy atom. The van der Waals surface area contributed by atoms with Crippen molar-refractivity contribution in [2.75, 3.05) is 19.0 Å². The highest BCUT2D eigenvalue weighted by Crippen LogP contribution is 2.28. The van der Waals surface area contributed by atoms with Crippen molar-refractivity contribution in [1.82, 2.24) is 0 Å². The molecular formula is C9H11BrFN3. The predicted octanol–water partition coefficient (Wildman–Crippen LogP) is 1.94. The standard InChI is InChI=1S/C9H11BrFN3/c1-14(2)6-4-3-5(9(12)13)7(10)8(6)11/h3-4H,1-2H3,(H3,12,13). The van der Waals surface area contributed by atoms with Crippen LogP contribution in [0.3, 0.4) is 0 Å². The molecule has 14 heavy (non-hydrogen) atoms. The van der Waals surface area contributed by atoms with Crippen molar-refractivity contribution in [3.05, 3.63) is 28.0 Å². The van der Waals surface area contributed by atoms with Crippen molar-refractivity contribution in [3.63, 3.8) is 0 Å². The molecule has 3 nitrogen and oxygen atoms in total. The minimum Gasteiger partial charge on any atom is -0.384 e. The molecule has 0 aromatic heterocycles. The third-order valence-electron chi connectivity index (χ3n) is 1.83. The Morgan fingerprint density at radius 2 is 2.07 bits per heavy atom. The van der Waals surface area contributed by atoms with Gasteiger partial charge in [-0.05, 0) is 28.1 Å². The summed E-state index contributed by atoms with van der Waals surface area (Å²) in [6.07, 6.45) is 0. The minimum atomic E-state index is -0.400. The molecule has 1 rings (SSSR count). The van der Waals surface area contributed by atoms with Crippen LogP contribution >= 0.6 is 15.9 Å². The van der Waals surface area contributed by atoms with Gasteiger partial charge in [-0.25, -0.2) is 4.39 Å². The molecule has 0 aliphatic heterocycles. The van der Waals surface area contributed by atoms with Gasteiger partial charge in [0.05, 0.1) is 10.2 Å². The molecule has 3 N–H and O–H groups in total. The Kier molecular flexibility index (Phi) is 3.10. The number of anilines is 1. The highest BCUT2D eigenvalue weighted by molar-refractivity contribution is 9.10. The fourth-order valence-corrected chi connectivity index (χ4v) is 1.64. The number of nitrogens with zero attached hydrogens (tertiary/aromatic N) is 1. The second-order valence-corrected chi connectivity index (χ2v) is 3.86. The molecule has 0 saturated carbocycles. The Morgan fingerprint density at radius 1 is 1.50 bits per heavy atom. The Bertz CT molecular complexity index is 377. The molecule has 0 amide bonds. The lowest BCUT2D eigenvalue weighted by molar-refractivity contribution is 0.619. The molecule has 0 fully saturated rings. The smallest absolute Gasteiger partial charge is 0.161 e.